The molecule has 2 atom stereocenters. The molecular weight excluding hydrogens is 899 g/mol. The zero-order valence-corrected chi connectivity index (χ0v) is 49.6. The summed E-state index contributed by atoms with van der Waals surface area (Å²) in [6.45, 7) is 4.94. The van der Waals surface area contributed by atoms with Gasteiger partial charge in [0, 0.05) is 12.8 Å². The highest BCUT2D eigenvalue weighted by molar-refractivity contribution is 5.76. The number of aliphatic hydroxyl groups is 2. The average molecular weight is 1030 g/mol. The fourth-order valence-corrected chi connectivity index (χ4v) is 10.7. The van der Waals surface area contributed by atoms with Gasteiger partial charge in [-0.15, -0.1) is 0 Å². The van der Waals surface area contributed by atoms with Crippen molar-refractivity contribution in [2.45, 2.75) is 392 Å². The topological polar surface area (TPSA) is 95.9 Å². The molecule has 0 saturated heterocycles. The lowest BCUT2D eigenvalue weighted by Crippen LogP contribution is -2.45. The van der Waals surface area contributed by atoms with Gasteiger partial charge in [0.1, 0.15) is 0 Å². The van der Waals surface area contributed by atoms with E-state index in [0.29, 0.717) is 25.9 Å². The van der Waals surface area contributed by atoms with E-state index in [2.05, 4.69) is 31.3 Å². The Balaban J connectivity index is 3.29. The lowest BCUT2D eigenvalue weighted by atomic mass is 10.0. The van der Waals surface area contributed by atoms with Gasteiger partial charge >= 0.3 is 5.97 Å². The Labute approximate surface area is 457 Å². The number of allylic oxidation sites excluding steroid dienone is 2. The predicted molar refractivity (Wildman–Crippen MR) is 320 cm³/mol. The Kier molecular flexibility index (Phi) is 61.9. The molecule has 0 radical (unpaired) electrons. The second-order valence-corrected chi connectivity index (χ2v) is 23.2. The summed E-state index contributed by atoms with van der Waals surface area (Å²) in [6.07, 6.45) is 76.9. The summed E-state index contributed by atoms with van der Waals surface area (Å²) in [5.74, 6) is -0.0175. The summed E-state index contributed by atoms with van der Waals surface area (Å²) < 4.78 is 5.47. The summed E-state index contributed by atoms with van der Waals surface area (Å²) in [4.78, 5) is 24.5. The normalized spacial score (nSPS) is 12.5. The molecule has 0 heterocycles. The predicted octanol–water partition coefficient (Wildman–Crippen LogP) is 21.2. The lowest BCUT2D eigenvalue weighted by molar-refractivity contribution is -0.143. The van der Waals surface area contributed by atoms with Crippen LogP contribution in [0.25, 0.3) is 0 Å². The van der Waals surface area contributed by atoms with Gasteiger partial charge in [0.2, 0.25) is 5.91 Å². The maximum absolute atomic E-state index is 12.5. The zero-order valence-electron chi connectivity index (χ0n) is 49.6. The number of esters is 1. The van der Waals surface area contributed by atoms with Crippen molar-refractivity contribution < 1.29 is 24.5 Å². The SMILES string of the molecule is CCCC/C=C\CCCCCCCC(=O)OCCCCCCCCCCCCCCCCCCCCCCCCCCCCCCCCCCCC(=O)NC(CO)C(O)CCCCCCCCCCCCCC. The van der Waals surface area contributed by atoms with Gasteiger partial charge in [0.25, 0.3) is 0 Å². The second-order valence-electron chi connectivity index (χ2n) is 23.2. The quantitative estimate of drug-likeness (QED) is 0.0320. The molecule has 0 bridgehead atoms. The van der Waals surface area contributed by atoms with Crippen molar-refractivity contribution in [3.05, 3.63) is 12.2 Å². The van der Waals surface area contributed by atoms with Crippen LogP contribution in [0.15, 0.2) is 12.2 Å². The fourth-order valence-electron chi connectivity index (χ4n) is 10.7. The Hall–Kier alpha value is -1.40. The highest BCUT2D eigenvalue weighted by Gasteiger charge is 2.20. The minimum absolute atomic E-state index is 0.0110. The standard InChI is InChI=1S/C67H131NO5/c1-3-5-7-9-11-13-15-40-43-47-51-55-59-65(70)64(63-69)68-66(71)60-56-52-48-44-41-37-35-33-31-29-27-25-23-21-19-17-16-18-20-22-24-26-28-30-32-34-36-38-42-46-50-54-58-62-73-67(72)61-57-53-49-45-39-14-12-10-8-6-4-2/h10,12,64-65,69-70H,3-9,11,13-63H2,1-2H3,(H,68,71)/b12-10-. The number of ether oxygens (including phenoxy) is 1. The number of carbonyl (C=O) groups is 2. The van der Waals surface area contributed by atoms with Gasteiger partial charge in [-0.25, -0.2) is 0 Å². The molecule has 73 heavy (non-hydrogen) atoms. The molecule has 0 aliphatic heterocycles. The molecule has 0 fully saturated rings. The van der Waals surface area contributed by atoms with Crippen LogP contribution in [-0.4, -0.2) is 47.4 Å². The van der Waals surface area contributed by atoms with E-state index in [9.17, 15) is 19.8 Å². The van der Waals surface area contributed by atoms with Crippen LogP contribution >= 0.6 is 0 Å². The lowest BCUT2D eigenvalue weighted by Gasteiger charge is -2.22. The number of aliphatic hydroxyl groups excluding tert-OH is 2. The van der Waals surface area contributed by atoms with Crippen LogP contribution in [0.2, 0.25) is 0 Å². The monoisotopic (exact) mass is 1030 g/mol. The molecule has 0 aliphatic rings. The molecule has 0 spiro atoms. The number of hydrogen-bond donors (Lipinski definition) is 3. The van der Waals surface area contributed by atoms with E-state index in [1.165, 1.54) is 302 Å². The maximum Gasteiger partial charge on any atom is 0.305 e. The number of hydrogen-bond acceptors (Lipinski definition) is 5. The van der Waals surface area contributed by atoms with Gasteiger partial charge in [0.15, 0.2) is 0 Å². The average Bonchev–Trinajstić information content (AvgIpc) is 3.39. The van der Waals surface area contributed by atoms with Gasteiger partial charge in [-0.1, -0.05) is 334 Å². The van der Waals surface area contributed by atoms with Crippen LogP contribution in [0.3, 0.4) is 0 Å². The third kappa shape index (κ3) is 59.7. The van der Waals surface area contributed by atoms with Crippen LogP contribution in [-0.2, 0) is 14.3 Å². The summed E-state index contributed by atoms with van der Waals surface area (Å²) in [5, 5.41) is 23.2. The summed E-state index contributed by atoms with van der Waals surface area (Å²) >= 11 is 0. The summed E-state index contributed by atoms with van der Waals surface area (Å²) in [7, 11) is 0. The van der Waals surface area contributed by atoms with Crippen molar-refractivity contribution >= 4 is 11.9 Å². The van der Waals surface area contributed by atoms with Crippen molar-refractivity contribution in [1.82, 2.24) is 5.32 Å². The smallest absolute Gasteiger partial charge is 0.305 e. The van der Waals surface area contributed by atoms with Crippen LogP contribution in [0, 0.1) is 0 Å². The first-order chi connectivity index (χ1) is 36.0. The van der Waals surface area contributed by atoms with Gasteiger partial charge < -0.3 is 20.3 Å². The van der Waals surface area contributed by atoms with Gasteiger partial charge in [0.05, 0.1) is 25.4 Å². The number of nitrogens with one attached hydrogen (secondary N) is 1. The molecule has 0 aromatic carbocycles. The second kappa shape index (κ2) is 63.1. The van der Waals surface area contributed by atoms with E-state index in [1.807, 2.05) is 0 Å². The van der Waals surface area contributed by atoms with E-state index >= 15 is 0 Å². The van der Waals surface area contributed by atoms with E-state index in [1.54, 1.807) is 0 Å². The Morgan fingerprint density at radius 3 is 1.01 bits per heavy atom. The number of amides is 1. The maximum atomic E-state index is 12.5. The molecule has 0 aromatic heterocycles. The third-order valence-electron chi connectivity index (χ3n) is 15.8. The number of unbranched alkanes of at least 4 members (excludes halogenated alkanes) is 50. The molecule has 6 heteroatoms. The minimum atomic E-state index is -0.659. The number of rotatable bonds is 63. The molecule has 2 unspecified atom stereocenters. The largest absolute Gasteiger partial charge is 0.466 e. The van der Waals surface area contributed by atoms with Crippen molar-refractivity contribution in [2.24, 2.45) is 0 Å². The molecule has 0 aromatic rings. The van der Waals surface area contributed by atoms with Gasteiger partial charge in [-0.05, 0) is 44.9 Å². The third-order valence-corrected chi connectivity index (χ3v) is 15.8. The van der Waals surface area contributed by atoms with Crippen LogP contribution < -0.4 is 5.32 Å². The van der Waals surface area contributed by atoms with E-state index < -0.39 is 12.1 Å². The summed E-state index contributed by atoms with van der Waals surface area (Å²) in [5.41, 5.74) is 0. The highest BCUT2D eigenvalue weighted by Crippen LogP contribution is 2.19. The van der Waals surface area contributed by atoms with Crippen molar-refractivity contribution in [2.75, 3.05) is 13.2 Å². The molecule has 0 saturated carbocycles. The van der Waals surface area contributed by atoms with Crippen molar-refractivity contribution in [3.63, 3.8) is 0 Å². The minimum Gasteiger partial charge on any atom is -0.466 e. The van der Waals surface area contributed by atoms with E-state index in [0.717, 1.165) is 44.9 Å². The van der Waals surface area contributed by atoms with Crippen LogP contribution in [0.4, 0.5) is 0 Å². The zero-order chi connectivity index (χ0) is 52.9. The first-order valence-corrected chi connectivity index (χ1v) is 33.4. The first kappa shape index (κ1) is 71.6. The van der Waals surface area contributed by atoms with Crippen molar-refractivity contribution in [1.29, 1.82) is 0 Å². The number of carbonyl (C=O) groups excluding carboxylic acids is 2. The molecule has 1 amide bonds. The van der Waals surface area contributed by atoms with Crippen LogP contribution in [0.5, 0.6) is 0 Å². The summed E-state index contributed by atoms with van der Waals surface area (Å²) in [6, 6.07) is -0.536. The Morgan fingerprint density at radius 1 is 0.370 bits per heavy atom. The molecule has 3 N–H and O–H groups in total. The molecule has 434 valence electrons. The van der Waals surface area contributed by atoms with Gasteiger partial charge in [-0.3, -0.25) is 9.59 Å². The van der Waals surface area contributed by atoms with Gasteiger partial charge in [-0.2, -0.15) is 0 Å². The Morgan fingerprint density at radius 2 is 0.658 bits per heavy atom. The molecule has 6 nitrogen and oxygen atoms in total. The molecular formula is C67H131NO5. The Bertz CT molecular complexity index is 1100. The van der Waals surface area contributed by atoms with Crippen LogP contribution in [0.1, 0.15) is 380 Å². The first-order valence-electron chi connectivity index (χ1n) is 33.4. The van der Waals surface area contributed by atoms with E-state index in [4.69, 9.17) is 4.74 Å². The fraction of sp³-hybridized carbons (Fsp3) is 0.940. The highest BCUT2D eigenvalue weighted by atomic mass is 16.5. The van der Waals surface area contributed by atoms with E-state index in [-0.39, 0.29) is 18.5 Å². The molecule has 0 rings (SSSR count). The van der Waals surface area contributed by atoms with Crippen molar-refractivity contribution in [3.8, 4) is 0 Å². The molecule has 0 aliphatic carbocycles.